The summed E-state index contributed by atoms with van der Waals surface area (Å²) in [5, 5.41) is 7.75. The van der Waals surface area contributed by atoms with Gasteiger partial charge < -0.3 is 10.1 Å². The first-order valence-corrected chi connectivity index (χ1v) is 9.11. The number of hydrogen-bond donors (Lipinski definition) is 1. The molecule has 1 aromatic heterocycles. The minimum Gasteiger partial charge on any atom is -0.469 e. The highest BCUT2D eigenvalue weighted by Gasteiger charge is 2.30. The SMILES string of the molecule is COC(=O)[C@H]1CC[C@@H](Nc2ccc(-n3ncc(Cl)c(Cl)c3=O)cc2Cl)C1. The van der Waals surface area contributed by atoms with Crippen LogP contribution < -0.4 is 10.9 Å². The van der Waals surface area contributed by atoms with E-state index in [9.17, 15) is 9.59 Å². The van der Waals surface area contributed by atoms with Crippen molar-refractivity contribution in [3.63, 3.8) is 0 Å². The lowest BCUT2D eigenvalue weighted by Crippen LogP contribution is -2.22. The van der Waals surface area contributed by atoms with Gasteiger partial charge in [-0.15, -0.1) is 0 Å². The summed E-state index contributed by atoms with van der Waals surface area (Å²) in [6, 6.07) is 5.22. The topological polar surface area (TPSA) is 73.2 Å². The number of hydrogen-bond acceptors (Lipinski definition) is 5. The molecule has 0 bridgehead atoms. The van der Waals surface area contributed by atoms with Crippen LogP contribution >= 0.6 is 34.8 Å². The summed E-state index contributed by atoms with van der Waals surface area (Å²) in [7, 11) is 1.40. The molecule has 1 aliphatic carbocycles. The number of halogens is 3. The third-order valence-electron chi connectivity index (χ3n) is 4.40. The van der Waals surface area contributed by atoms with Crippen LogP contribution in [0.4, 0.5) is 5.69 Å². The molecule has 0 radical (unpaired) electrons. The van der Waals surface area contributed by atoms with Crippen molar-refractivity contribution >= 4 is 46.5 Å². The third-order valence-corrected chi connectivity index (χ3v) is 5.46. The van der Waals surface area contributed by atoms with E-state index in [1.807, 2.05) is 0 Å². The van der Waals surface area contributed by atoms with Gasteiger partial charge in [0.15, 0.2) is 0 Å². The average Bonchev–Trinajstić information content (AvgIpc) is 3.09. The lowest BCUT2D eigenvalue weighted by molar-refractivity contribution is -0.145. The molecule has 1 aliphatic rings. The van der Waals surface area contributed by atoms with Gasteiger partial charge in [0.05, 0.1) is 40.6 Å². The van der Waals surface area contributed by atoms with Crippen LogP contribution in [-0.2, 0) is 9.53 Å². The number of carbonyl (C=O) groups is 1. The molecule has 0 amide bonds. The smallest absolute Gasteiger partial charge is 0.308 e. The summed E-state index contributed by atoms with van der Waals surface area (Å²) in [5.74, 6) is -0.268. The number of benzene rings is 1. The normalized spacial score (nSPS) is 19.4. The zero-order valence-corrected chi connectivity index (χ0v) is 16.1. The van der Waals surface area contributed by atoms with Crippen molar-refractivity contribution in [2.24, 2.45) is 5.92 Å². The van der Waals surface area contributed by atoms with Gasteiger partial charge in [-0.25, -0.2) is 0 Å². The highest BCUT2D eigenvalue weighted by Crippen LogP contribution is 2.32. The van der Waals surface area contributed by atoms with Crippen molar-refractivity contribution < 1.29 is 9.53 Å². The summed E-state index contributed by atoms with van der Waals surface area (Å²) in [6.07, 6.45) is 3.63. The average molecular weight is 417 g/mol. The lowest BCUT2D eigenvalue weighted by Gasteiger charge is -2.16. The molecule has 1 aromatic carbocycles. The number of rotatable bonds is 4. The monoisotopic (exact) mass is 415 g/mol. The Morgan fingerprint density at radius 2 is 2.04 bits per heavy atom. The largest absolute Gasteiger partial charge is 0.469 e. The van der Waals surface area contributed by atoms with Gasteiger partial charge >= 0.3 is 5.97 Å². The van der Waals surface area contributed by atoms with E-state index in [2.05, 4.69) is 10.4 Å². The zero-order chi connectivity index (χ0) is 18.8. The van der Waals surface area contributed by atoms with Gasteiger partial charge in [-0.2, -0.15) is 9.78 Å². The highest BCUT2D eigenvalue weighted by atomic mass is 35.5. The molecule has 1 N–H and O–H groups in total. The van der Waals surface area contributed by atoms with Crippen LogP contribution in [0.1, 0.15) is 19.3 Å². The van der Waals surface area contributed by atoms with Gasteiger partial charge in [0.2, 0.25) is 0 Å². The fourth-order valence-corrected chi connectivity index (χ4v) is 3.55. The lowest BCUT2D eigenvalue weighted by atomic mass is 10.1. The van der Waals surface area contributed by atoms with Crippen LogP contribution in [0.5, 0.6) is 0 Å². The van der Waals surface area contributed by atoms with Crippen LogP contribution in [0.25, 0.3) is 5.69 Å². The summed E-state index contributed by atoms with van der Waals surface area (Å²) < 4.78 is 5.93. The molecule has 0 spiro atoms. The Morgan fingerprint density at radius 1 is 1.27 bits per heavy atom. The summed E-state index contributed by atoms with van der Waals surface area (Å²) in [4.78, 5) is 23.8. The van der Waals surface area contributed by atoms with Crippen molar-refractivity contribution in [2.45, 2.75) is 25.3 Å². The van der Waals surface area contributed by atoms with E-state index in [4.69, 9.17) is 39.5 Å². The number of ether oxygens (including phenoxy) is 1. The van der Waals surface area contributed by atoms with E-state index in [1.54, 1.807) is 18.2 Å². The number of anilines is 1. The second kappa shape index (κ2) is 7.86. The van der Waals surface area contributed by atoms with Crippen molar-refractivity contribution in [2.75, 3.05) is 12.4 Å². The Hall–Kier alpha value is -1.76. The number of esters is 1. The van der Waals surface area contributed by atoms with Gasteiger partial charge in [-0.1, -0.05) is 34.8 Å². The zero-order valence-electron chi connectivity index (χ0n) is 13.8. The molecule has 26 heavy (non-hydrogen) atoms. The van der Waals surface area contributed by atoms with Gasteiger partial charge in [0.25, 0.3) is 5.56 Å². The fraction of sp³-hybridized carbons (Fsp3) is 0.353. The number of nitrogens with one attached hydrogen (secondary N) is 1. The third kappa shape index (κ3) is 3.82. The van der Waals surface area contributed by atoms with Crippen molar-refractivity contribution in [1.82, 2.24) is 9.78 Å². The number of nitrogens with zero attached hydrogens (tertiary/aromatic N) is 2. The summed E-state index contributed by atoms with van der Waals surface area (Å²) in [5.41, 5.74) is 0.676. The van der Waals surface area contributed by atoms with Crippen LogP contribution in [0.3, 0.4) is 0 Å². The Labute approximate surface area is 165 Å². The maximum absolute atomic E-state index is 12.2. The molecule has 0 unspecified atom stereocenters. The van der Waals surface area contributed by atoms with Crippen molar-refractivity contribution in [3.8, 4) is 5.69 Å². The predicted molar refractivity (Wildman–Crippen MR) is 102 cm³/mol. The Balaban J connectivity index is 1.78. The van der Waals surface area contributed by atoms with Gasteiger partial charge in [-0.05, 0) is 37.5 Å². The van der Waals surface area contributed by atoms with E-state index < -0.39 is 5.56 Å². The maximum atomic E-state index is 12.2. The van der Waals surface area contributed by atoms with Crippen LogP contribution in [-0.4, -0.2) is 28.9 Å². The first-order valence-electron chi connectivity index (χ1n) is 7.98. The van der Waals surface area contributed by atoms with E-state index >= 15 is 0 Å². The molecule has 1 heterocycles. The molecule has 0 aliphatic heterocycles. The minimum absolute atomic E-state index is 0.0884. The van der Waals surface area contributed by atoms with Crippen LogP contribution in [0.15, 0.2) is 29.2 Å². The Bertz CT molecular complexity index is 901. The fourth-order valence-electron chi connectivity index (χ4n) is 3.06. The Morgan fingerprint density at radius 3 is 2.73 bits per heavy atom. The first kappa shape index (κ1) is 19.0. The van der Waals surface area contributed by atoms with Gasteiger partial charge in [0.1, 0.15) is 5.02 Å². The van der Waals surface area contributed by atoms with Crippen molar-refractivity contribution in [1.29, 1.82) is 0 Å². The van der Waals surface area contributed by atoms with Gasteiger partial charge in [0, 0.05) is 6.04 Å². The second-order valence-corrected chi connectivity index (χ2v) is 7.25. The van der Waals surface area contributed by atoms with Gasteiger partial charge in [-0.3, -0.25) is 9.59 Å². The maximum Gasteiger partial charge on any atom is 0.308 e. The quantitative estimate of drug-likeness (QED) is 0.764. The highest BCUT2D eigenvalue weighted by molar-refractivity contribution is 6.41. The molecular weight excluding hydrogens is 401 g/mol. The number of aromatic nitrogens is 2. The van der Waals surface area contributed by atoms with E-state index in [-0.39, 0.29) is 28.0 Å². The molecule has 0 saturated heterocycles. The predicted octanol–water partition coefficient (Wildman–Crippen LogP) is 3.95. The summed E-state index contributed by atoms with van der Waals surface area (Å²) >= 11 is 18.0. The molecule has 3 rings (SSSR count). The molecular formula is C17H16Cl3N3O3. The van der Waals surface area contributed by atoms with Crippen molar-refractivity contribution in [3.05, 3.63) is 49.8 Å². The summed E-state index contributed by atoms with van der Waals surface area (Å²) in [6.45, 7) is 0. The molecule has 2 aromatic rings. The molecule has 138 valence electrons. The molecule has 9 heteroatoms. The molecule has 2 atom stereocenters. The molecule has 6 nitrogen and oxygen atoms in total. The van der Waals surface area contributed by atoms with Crippen LogP contribution in [0.2, 0.25) is 15.1 Å². The minimum atomic E-state index is -0.521. The van der Waals surface area contributed by atoms with E-state index in [0.29, 0.717) is 17.1 Å². The molecule has 1 saturated carbocycles. The standard InChI is InChI=1S/C17H16Cl3N3O3/c1-26-17(25)9-2-3-10(6-9)22-14-5-4-11(7-12(14)18)23-16(24)15(20)13(19)8-21-23/h4-5,7-10,22H,2-3,6H2,1H3/t9-,10+/m0/s1. The first-order chi connectivity index (χ1) is 12.4. The van der Waals surface area contributed by atoms with E-state index in [0.717, 1.165) is 23.2 Å². The number of methoxy groups -OCH3 is 1. The van der Waals surface area contributed by atoms with E-state index in [1.165, 1.54) is 13.3 Å². The number of carbonyl (C=O) groups excluding carboxylic acids is 1. The van der Waals surface area contributed by atoms with Crippen LogP contribution in [0, 0.1) is 5.92 Å². The second-order valence-electron chi connectivity index (χ2n) is 6.06. The molecule has 1 fully saturated rings. The Kier molecular flexibility index (Phi) is 5.75.